The Morgan fingerprint density at radius 3 is 2.55 bits per heavy atom. The van der Waals surface area contributed by atoms with Crippen LogP contribution in [-0.2, 0) is 9.59 Å². The molecule has 0 spiro atoms. The van der Waals surface area contributed by atoms with Crippen LogP contribution < -0.4 is 5.73 Å². The van der Waals surface area contributed by atoms with Crippen molar-refractivity contribution in [2.45, 2.75) is 38.5 Å². The zero-order valence-electron chi connectivity index (χ0n) is 12.5. The van der Waals surface area contributed by atoms with Gasteiger partial charge in [-0.1, -0.05) is 6.42 Å². The summed E-state index contributed by atoms with van der Waals surface area (Å²) in [7, 11) is 1.75. The molecule has 1 aliphatic carbocycles. The van der Waals surface area contributed by atoms with Crippen LogP contribution in [0.1, 0.15) is 38.5 Å². The van der Waals surface area contributed by atoms with Gasteiger partial charge in [-0.2, -0.15) is 0 Å². The molecule has 1 heterocycles. The van der Waals surface area contributed by atoms with Gasteiger partial charge in [0.15, 0.2) is 0 Å². The Bertz CT molecular complexity index is 353. The fourth-order valence-electron chi connectivity index (χ4n) is 3.39. The number of likely N-dealkylation sites (N-methyl/N-ethyl adjacent to an activating group) is 1. The molecule has 1 saturated heterocycles. The first-order valence-corrected chi connectivity index (χ1v) is 7.84. The van der Waals surface area contributed by atoms with Crippen molar-refractivity contribution in [1.29, 1.82) is 0 Å². The van der Waals surface area contributed by atoms with E-state index in [1.807, 2.05) is 4.90 Å². The Morgan fingerprint density at radius 2 is 1.90 bits per heavy atom. The third-order valence-corrected chi connectivity index (χ3v) is 4.67. The molecule has 1 saturated carbocycles. The topological polar surface area (TPSA) is 66.6 Å². The normalized spacial score (nSPS) is 26.6. The SMILES string of the molecule is CN(CC(=O)N1CCCC1)C(=O)C1CCCC(CN)C1. The van der Waals surface area contributed by atoms with E-state index in [2.05, 4.69) is 0 Å². The van der Waals surface area contributed by atoms with Gasteiger partial charge in [-0.3, -0.25) is 9.59 Å². The largest absolute Gasteiger partial charge is 0.341 e. The van der Waals surface area contributed by atoms with E-state index >= 15 is 0 Å². The van der Waals surface area contributed by atoms with E-state index in [0.29, 0.717) is 12.5 Å². The molecule has 20 heavy (non-hydrogen) atoms. The summed E-state index contributed by atoms with van der Waals surface area (Å²) in [5.74, 6) is 0.745. The summed E-state index contributed by atoms with van der Waals surface area (Å²) in [6, 6.07) is 0. The molecule has 0 aromatic rings. The van der Waals surface area contributed by atoms with Crippen molar-refractivity contribution < 1.29 is 9.59 Å². The number of carbonyl (C=O) groups is 2. The smallest absolute Gasteiger partial charge is 0.242 e. The van der Waals surface area contributed by atoms with Gasteiger partial charge in [-0.05, 0) is 44.6 Å². The van der Waals surface area contributed by atoms with E-state index in [-0.39, 0.29) is 24.3 Å². The van der Waals surface area contributed by atoms with Crippen molar-refractivity contribution in [2.24, 2.45) is 17.6 Å². The van der Waals surface area contributed by atoms with Crippen LogP contribution in [0.4, 0.5) is 0 Å². The molecule has 5 heteroatoms. The Kier molecular flexibility index (Phi) is 5.40. The van der Waals surface area contributed by atoms with E-state index in [0.717, 1.165) is 51.6 Å². The number of rotatable bonds is 4. The van der Waals surface area contributed by atoms with Gasteiger partial charge in [0, 0.05) is 26.1 Å². The van der Waals surface area contributed by atoms with Gasteiger partial charge in [0.25, 0.3) is 0 Å². The van der Waals surface area contributed by atoms with Crippen LogP contribution >= 0.6 is 0 Å². The summed E-state index contributed by atoms with van der Waals surface area (Å²) in [5.41, 5.74) is 5.72. The third kappa shape index (κ3) is 3.72. The molecule has 2 unspecified atom stereocenters. The maximum atomic E-state index is 12.4. The summed E-state index contributed by atoms with van der Waals surface area (Å²) in [6.45, 7) is 2.59. The van der Waals surface area contributed by atoms with Gasteiger partial charge in [0.05, 0.1) is 6.54 Å². The monoisotopic (exact) mass is 281 g/mol. The molecule has 2 rings (SSSR count). The molecule has 1 aliphatic heterocycles. The first kappa shape index (κ1) is 15.3. The van der Waals surface area contributed by atoms with Gasteiger partial charge in [-0.15, -0.1) is 0 Å². The fourth-order valence-corrected chi connectivity index (χ4v) is 3.39. The maximum Gasteiger partial charge on any atom is 0.242 e. The van der Waals surface area contributed by atoms with Gasteiger partial charge in [0.2, 0.25) is 11.8 Å². The maximum absolute atomic E-state index is 12.4. The van der Waals surface area contributed by atoms with E-state index < -0.39 is 0 Å². The van der Waals surface area contributed by atoms with Crippen LogP contribution in [-0.4, -0.2) is 54.8 Å². The molecular formula is C15H27N3O2. The zero-order chi connectivity index (χ0) is 14.5. The highest BCUT2D eigenvalue weighted by atomic mass is 16.2. The second kappa shape index (κ2) is 7.07. The highest BCUT2D eigenvalue weighted by Gasteiger charge is 2.30. The molecule has 2 fully saturated rings. The van der Waals surface area contributed by atoms with E-state index in [1.54, 1.807) is 11.9 Å². The number of likely N-dealkylation sites (tertiary alicyclic amines) is 1. The lowest BCUT2D eigenvalue weighted by Crippen LogP contribution is -2.43. The minimum absolute atomic E-state index is 0.0636. The molecule has 0 radical (unpaired) electrons. The van der Waals surface area contributed by atoms with Crippen LogP contribution in [0.5, 0.6) is 0 Å². The summed E-state index contributed by atoms with van der Waals surface area (Å²) in [4.78, 5) is 28.0. The van der Waals surface area contributed by atoms with Crippen molar-refractivity contribution in [1.82, 2.24) is 9.80 Å². The Morgan fingerprint density at radius 1 is 1.20 bits per heavy atom. The third-order valence-electron chi connectivity index (χ3n) is 4.67. The average molecular weight is 281 g/mol. The number of amides is 2. The number of nitrogens with zero attached hydrogens (tertiary/aromatic N) is 2. The lowest BCUT2D eigenvalue weighted by Gasteiger charge is -2.31. The van der Waals surface area contributed by atoms with Crippen LogP contribution in [0.15, 0.2) is 0 Å². The second-order valence-corrected chi connectivity index (χ2v) is 6.25. The summed E-state index contributed by atoms with van der Waals surface area (Å²) < 4.78 is 0. The first-order chi connectivity index (χ1) is 9.61. The molecule has 0 aromatic carbocycles. The summed E-state index contributed by atoms with van der Waals surface area (Å²) >= 11 is 0. The van der Waals surface area contributed by atoms with E-state index in [9.17, 15) is 9.59 Å². The van der Waals surface area contributed by atoms with Crippen molar-refractivity contribution in [3.63, 3.8) is 0 Å². The van der Waals surface area contributed by atoms with Gasteiger partial charge in [-0.25, -0.2) is 0 Å². The highest BCUT2D eigenvalue weighted by Crippen LogP contribution is 2.29. The zero-order valence-corrected chi connectivity index (χ0v) is 12.5. The molecule has 0 bridgehead atoms. The lowest BCUT2D eigenvalue weighted by molar-refractivity contribution is -0.142. The van der Waals surface area contributed by atoms with Crippen LogP contribution in [0.2, 0.25) is 0 Å². The number of hydrogen-bond donors (Lipinski definition) is 1. The Labute approximate surface area is 121 Å². The molecule has 114 valence electrons. The van der Waals surface area contributed by atoms with Gasteiger partial charge in [0.1, 0.15) is 0 Å². The fraction of sp³-hybridized carbons (Fsp3) is 0.867. The molecule has 2 aliphatic rings. The molecular weight excluding hydrogens is 254 g/mol. The van der Waals surface area contributed by atoms with Crippen molar-refractivity contribution >= 4 is 11.8 Å². The molecule has 2 N–H and O–H groups in total. The molecule has 2 atom stereocenters. The highest BCUT2D eigenvalue weighted by molar-refractivity contribution is 5.85. The molecule has 5 nitrogen and oxygen atoms in total. The number of carbonyl (C=O) groups excluding carboxylic acids is 2. The number of nitrogens with two attached hydrogens (primary N) is 1. The Balaban J connectivity index is 1.83. The predicted octanol–water partition coefficient (Wildman–Crippen LogP) is 0.832. The van der Waals surface area contributed by atoms with E-state index in [1.165, 1.54) is 0 Å². The number of hydrogen-bond acceptors (Lipinski definition) is 3. The minimum atomic E-state index is 0.0636. The quantitative estimate of drug-likeness (QED) is 0.830. The van der Waals surface area contributed by atoms with Gasteiger partial charge >= 0.3 is 0 Å². The molecule has 2 amide bonds. The van der Waals surface area contributed by atoms with Crippen molar-refractivity contribution in [3.05, 3.63) is 0 Å². The Hall–Kier alpha value is -1.10. The van der Waals surface area contributed by atoms with Crippen molar-refractivity contribution in [2.75, 3.05) is 33.2 Å². The van der Waals surface area contributed by atoms with Crippen LogP contribution in [0, 0.1) is 11.8 Å². The van der Waals surface area contributed by atoms with Crippen LogP contribution in [0.3, 0.4) is 0 Å². The van der Waals surface area contributed by atoms with Crippen LogP contribution in [0.25, 0.3) is 0 Å². The summed E-state index contributed by atoms with van der Waals surface area (Å²) in [6.07, 6.45) is 6.21. The first-order valence-electron chi connectivity index (χ1n) is 7.84. The average Bonchev–Trinajstić information content (AvgIpc) is 3.00. The lowest BCUT2D eigenvalue weighted by atomic mass is 9.81. The van der Waals surface area contributed by atoms with E-state index in [4.69, 9.17) is 5.73 Å². The summed E-state index contributed by atoms with van der Waals surface area (Å²) in [5, 5.41) is 0. The predicted molar refractivity (Wildman–Crippen MR) is 78.0 cm³/mol. The standard InChI is InChI=1S/C15H27N3O2/c1-17(11-14(19)18-7-2-3-8-18)15(20)13-6-4-5-12(9-13)10-16/h12-13H,2-11,16H2,1H3. The van der Waals surface area contributed by atoms with Crippen molar-refractivity contribution in [3.8, 4) is 0 Å². The second-order valence-electron chi connectivity index (χ2n) is 6.25. The minimum Gasteiger partial charge on any atom is -0.341 e. The molecule has 0 aromatic heterocycles. The van der Waals surface area contributed by atoms with Gasteiger partial charge < -0.3 is 15.5 Å².